The van der Waals surface area contributed by atoms with Crippen molar-refractivity contribution in [3.8, 4) is 0 Å². The lowest BCUT2D eigenvalue weighted by Gasteiger charge is -2.22. The van der Waals surface area contributed by atoms with E-state index in [1.807, 2.05) is 0 Å². The highest BCUT2D eigenvalue weighted by Gasteiger charge is 2.12. The van der Waals surface area contributed by atoms with Crippen LogP contribution in [-0.4, -0.2) is 6.54 Å². The van der Waals surface area contributed by atoms with E-state index in [2.05, 4.69) is 63.3 Å². The molecule has 16 heavy (non-hydrogen) atoms. The van der Waals surface area contributed by atoms with Crippen molar-refractivity contribution in [1.82, 2.24) is 5.32 Å². The van der Waals surface area contributed by atoms with Crippen LogP contribution in [0, 0.1) is 5.41 Å². The van der Waals surface area contributed by atoms with E-state index in [1.165, 1.54) is 12.0 Å². The zero-order valence-corrected chi connectivity index (χ0v) is 11.1. The second kappa shape index (κ2) is 6.05. The second-order valence-electron chi connectivity index (χ2n) is 5.64. The molecule has 90 valence electrons. The van der Waals surface area contributed by atoms with E-state index in [4.69, 9.17) is 0 Å². The van der Waals surface area contributed by atoms with Gasteiger partial charge in [-0.2, -0.15) is 0 Å². The Morgan fingerprint density at radius 1 is 1.12 bits per heavy atom. The summed E-state index contributed by atoms with van der Waals surface area (Å²) in [5, 5.41) is 3.64. The first-order valence-electron chi connectivity index (χ1n) is 6.31. The fourth-order valence-corrected chi connectivity index (χ4v) is 1.80. The number of rotatable bonds is 5. The van der Waals surface area contributed by atoms with Gasteiger partial charge in [0.05, 0.1) is 0 Å². The average Bonchev–Trinajstić information content (AvgIpc) is 2.24. The molecule has 1 N–H and O–H groups in total. The molecule has 0 fully saturated rings. The predicted octanol–water partition coefficient (Wildman–Crippen LogP) is 4.16. The van der Waals surface area contributed by atoms with Gasteiger partial charge < -0.3 is 5.32 Å². The third-order valence-corrected chi connectivity index (χ3v) is 2.88. The van der Waals surface area contributed by atoms with E-state index in [1.54, 1.807) is 0 Å². The van der Waals surface area contributed by atoms with Gasteiger partial charge in [-0.3, -0.25) is 0 Å². The monoisotopic (exact) mass is 219 g/mol. The SMILES string of the molecule is CCC(NCCC(C)(C)C)c1ccccc1. The minimum Gasteiger partial charge on any atom is -0.310 e. The molecule has 1 unspecified atom stereocenters. The zero-order chi connectivity index (χ0) is 12.0. The minimum absolute atomic E-state index is 0.419. The topological polar surface area (TPSA) is 12.0 Å². The summed E-state index contributed by atoms with van der Waals surface area (Å²) >= 11 is 0. The first-order chi connectivity index (χ1) is 7.53. The number of nitrogens with one attached hydrogen (secondary N) is 1. The van der Waals surface area contributed by atoms with Crippen LogP contribution in [0.2, 0.25) is 0 Å². The molecule has 0 aliphatic heterocycles. The first kappa shape index (κ1) is 13.2. The molecule has 0 saturated heterocycles. The summed E-state index contributed by atoms with van der Waals surface area (Å²) in [5.74, 6) is 0. The Balaban J connectivity index is 2.45. The molecule has 0 aliphatic carbocycles. The van der Waals surface area contributed by atoms with Crippen LogP contribution in [0.5, 0.6) is 0 Å². The number of benzene rings is 1. The van der Waals surface area contributed by atoms with E-state index in [-0.39, 0.29) is 0 Å². The molecular weight excluding hydrogens is 194 g/mol. The van der Waals surface area contributed by atoms with Gasteiger partial charge in [0.15, 0.2) is 0 Å². The van der Waals surface area contributed by atoms with Crippen LogP contribution in [0.3, 0.4) is 0 Å². The van der Waals surface area contributed by atoms with Crippen LogP contribution < -0.4 is 5.32 Å². The minimum atomic E-state index is 0.419. The van der Waals surface area contributed by atoms with Gasteiger partial charge in [0.2, 0.25) is 0 Å². The van der Waals surface area contributed by atoms with Gasteiger partial charge >= 0.3 is 0 Å². The molecule has 0 aromatic heterocycles. The molecule has 0 spiro atoms. The van der Waals surface area contributed by atoms with Gasteiger partial charge in [0.25, 0.3) is 0 Å². The lowest BCUT2D eigenvalue weighted by Crippen LogP contribution is -2.25. The summed E-state index contributed by atoms with van der Waals surface area (Å²) in [6.07, 6.45) is 2.37. The highest BCUT2D eigenvalue weighted by molar-refractivity contribution is 5.18. The summed E-state index contributed by atoms with van der Waals surface area (Å²) in [5.41, 5.74) is 1.82. The van der Waals surface area contributed by atoms with Crippen LogP contribution in [0.1, 0.15) is 52.1 Å². The van der Waals surface area contributed by atoms with Crippen molar-refractivity contribution in [2.75, 3.05) is 6.54 Å². The maximum Gasteiger partial charge on any atom is 0.0317 e. The molecule has 0 amide bonds. The van der Waals surface area contributed by atoms with E-state index in [0.717, 1.165) is 13.0 Å². The molecule has 0 aliphatic rings. The van der Waals surface area contributed by atoms with Crippen molar-refractivity contribution < 1.29 is 0 Å². The van der Waals surface area contributed by atoms with E-state index in [0.29, 0.717) is 11.5 Å². The number of hydrogen-bond donors (Lipinski definition) is 1. The lowest BCUT2D eigenvalue weighted by atomic mass is 9.92. The smallest absolute Gasteiger partial charge is 0.0317 e. The summed E-state index contributed by atoms with van der Waals surface area (Å²) in [4.78, 5) is 0. The third kappa shape index (κ3) is 4.80. The van der Waals surface area contributed by atoms with Crippen molar-refractivity contribution in [2.45, 2.75) is 46.6 Å². The van der Waals surface area contributed by atoms with Gasteiger partial charge in [-0.1, -0.05) is 58.0 Å². The Bertz CT molecular complexity index is 284. The molecule has 1 rings (SSSR count). The average molecular weight is 219 g/mol. The number of hydrogen-bond acceptors (Lipinski definition) is 1. The first-order valence-corrected chi connectivity index (χ1v) is 6.31. The van der Waals surface area contributed by atoms with E-state index < -0.39 is 0 Å². The van der Waals surface area contributed by atoms with E-state index in [9.17, 15) is 0 Å². The van der Waals surface area contributed by atoms with E-state index >= 15 is 0 Å². The van der Waals surface area contributed by atoms with Crippen LogP contribution in [0.15, 0.2) is 30.3 Å². The molecule has 0 bridgehead atoms. The van der Waals surface area contributed by atoms with Gasteiger partial charge in [-0.05, 0) is 30.4 Å². The molecule has 0 heterocycles. The Morgan fingerprint density at radius 2 is 1.75 bits per heavy atom. The molecule has 1 heteroatoms. The highest BCUT2D eigenvalue weighted by atomic mass is 14.9. The summed E-state index contributed by atoms with van der Waals surface area (Å²) in [6.45, 7) is 10.2. The molecule has 1 nitrogen and oxygen atoms in total. The molecule has 1 aromatic carbocycles. The largest absolute Gasteiger partial charge is 0.310 e. The fourth-order valence-electron chi connectivity index (χ4n) is 1.80. The summed E-state index contributed by atoms with van der Waals surface area (Å²) in [7, 11) is 0. The maximum atomic E-state index is 3.64. The van der Waals surface area contributed by atoms with Gasteiger partial charge in [-0.25, -0.2) is 0 Å². The molecule has 1 aromatic rings. The second-order valence-corrected chi connectivity index (χ2v) is 5.64. The third-order valence-electron chi connectivity index (χ3n) is 2.88. The van der Waals surface area contributed by atoms with Crippen LogP contribution in [0.4, 0.5) is 0 Å². The van der Waals surface area contributed by atoms with Gasteiger partial charge in [0.1, 0.15) is 0 Å². The van der Waals surface area contributed by atoms with Crippen molar-refractivity contribution in [3.05, 3.63) is 35.9 Å². The van der Waals surface area contributed by atoms with Crippen molar-refractivity contribution in [2.24, 2.45) is 5.41 Å². The highest BCUT2D eigenvalue weighted by Crippen LogP contribution is 2.20. The van der Waals surface area contributed by atoms with Crippen molar-refractivity contribution >= 4 is 0 Å². The zero-order valence-electron chi connectivity index (χ0n) is 11.1. The van der Waals surface area contributed by atoms with Gasteiger partial charge in [-0.15, -0.1) is 0 Å². The normalized spacial score (nSPS) is 13.8. The van der Waals surface area contributed by atoms with Crippen LogP contribution in [-0.2, 0) is 0 Å². The Morgan fingerprint density at radius 3 is 2.25 bits per heavy atom. The molecule has 0 radical (unpaired) electrons. The van der Waals surface area contributed by atoms with Gasteiger partial charge in [0, 0.05) is 6.04 Å². The lowest BCUT2D eigenvalue weighted by molar-refractivity contribution is 0.352. The Hall–Kier alpha value is -0.820. The van der Waals surface area contributed by atoms with Crippen molar-refractivity contribution in [3.63, 3.8) is 0 Å². The molecular formula is C15H25N. The Labute approximate surface area is 100 Å². The summed E-state index contributed by atoms with van der Waals surface area (Å²) < 4.78 is 0. The Kier molecular flexibility index (Phi) is 5.01. The standard InChI is InChI=1S/C15H25N/c1-5-14(13-9-7-6-8-10-13)16-12-11-15(2,3)4/h6-10,14,16H,5,11-12H2,1-4H3. The van der Waals surface area contributed by atoms with Crippen LogP contribution >= 0.6 is 0 Å². The quantitative estimate of drug-likeness (QED) is 0.784. The van der Waals surface area contributed by atoms with Crippen molar-refractivity contribution in [1.29, 1.82) is 0 Å². The summed E-state index contributed by atoms with van der Waals surface area (Å²) in [6, 6.07) is 11.2. The van der Waals surface area contributed by atoms with Crippen LogP contribution in [0.25, 0.3) is 0 Å². The fraction of sp³-hybridized carbons (Fsp3) is 0.600. The maximum absolute atomic E-state index is 3.64. The predicted molar refractivity (Wildman–Crippen MR) is 71.5 cm³/mol. The molecule has 0 saturated carbocycles. The molecule has 1 atom stereocenters.